The van der Waals surface area contributed by atoms with Crippen LogP contribution < -0.4 is 0 Å². The van der Waals surface area contributed by atoms with E-state index < -0.39 is 0 Å². The van der Waals surface area contributed by atoms with Gasteiger partial charge in [-0.2, -0.15) is 0 Å². The maximum Gasteiger partial charge on any atom is 0.339 e. The third-order valence-electron chi connectivity index (χ3n) is 5.83. The second kappa shape index (κ2) is 8.62. The van der Waals surface area contributed by atoms with Gasteiger partial charge in [-0.3, -0.25) is 0 Å². The molecule has 0 aromatic heterocycles. The number of hydrogen-bond acceptors (Lipinski definition) is 3. The second-order valence-electron chi connectivity index (χ2n) is 7.71. The number of carbonyl (C=O) groups is 1. The molecule has 0 amide bonds. The van der Waals surface area contributed by atoms with Crippen LogP contribution in [-0.4, -0.2) is 13.1 Å². The van der Waals surface area contributed by atoms with Gasteiger partial charge in [0.1, 0.15) is 6.10 Å². The summed E-state index contributed by atoms with van der Waals surface area (Å²) in [7, 11) is 1.42. The summed E-state index contributed by atoms with van der Waals surface area (Å²) in [6, 6.07) is 29.7. The van der Waals surface area contributed by atoms with E-state index in [1.165, 1.54) is 7.11 Å². The summed E-state index contributed by atoms with van der Waals surface area (Å²) < 4.78 is 11.5. The monoisotopic (exact) mass is 440 g/mol. The van der Waals surface area contributed by atoms with E-state index in [4.69, 9.17) is 21.1 Å². The molecule has 0 aliphatic carbocycles. The van der Waals surface area contributed by atoms with Gasteiger partial charge < -0.3 is 9.47 Å². The van der Waals surface area contributed by atoms with Gasteiger partial charge in [0, 0.05) is 10.6 Å². The molecule has 4 heteroatoms. The van der Waals surface area contributed by atoms with E-state index in [2.05, 4.69) is 6.07 Å². The third-order valence-corrected chi connectivity index (χ3v) is 6.07. The second-order valence-corrected chi connectivity index (χ2v) is 8.15. The summed E-state index contributed by atoms with van der Waals surface area (Å²) >= 11 is 6.27. The quantitative estimate of drug-likeness (QED) is 0.318. The van der Waals surface area contributed by atoms with Crippen molar-refractivity contribution >= 4 is 17.6 Å². The van der Waals surface area contributed by atoms with Crippen LogP contribution >= 0.6 is 11.6 Å². The highest BCUT2D eigenvalue weighted by Gasteiger charge is 2.33. The van der Waals surface area contributed by atoms with E-state index in [9.17, 15) is 4.79 Å². The maximum absolute atomic E-state index is 13.1. The Morgan fingerprint density at radius 2 is 1.59 bits per heavy atom. The van der Waals surface area contributed by atoms with Gasteiger partial charge in [0.25, 0.3) is 0 Å². The zero-order valence-corrected chi connectivity index (χ0v) is 18.3. The number of ether oxygens (including phenoxy) is 2. The minimum Gasteiger partial charge on any atom is -0.465 e. The molecule has 4 aromatic rings. The average molecular weight is 441 g/mol. The van der Waals surface area contributed by atoms with Gasteiger partial charge in [-0.05, 0) is 51.6 Å². The van der Waals surface area contributed by atoms with Gasteiger partial charge >= 0.3 is 5.97 Å². The van der Waals surface area contributed by atoms with E-state index in [0.717, 1.165) is 38.9 Å². The number of rotatable bonds is 4. The summed E-state index contributed by atoms with van der Waals surface area (Å²) in [5, 5.41) is 0.664. The first-order valence-corrected chi connectivity index (χ1v) is 10.8. The normalized spacial score (nSPS) is 14.8. The fraction of sp³-hybridized carbons (Fsp3) is 0.107. The molecule has 0 fully saturated rings. The molecule has 0 bridgehead atoms. The highest BCUT2D eigenvalue weighted by molar-refractivity contribution is 6.30. The molecular weight excluding hydrogens is 420 g/mol. The molecule has 1 aliphatic heterocycles. The molecule has 0 radical (unpaired) electrons. The van der Waals surface area contributed by atoms with Gasteiger partial charge in [-0.25, -0.2) is 4.79 Å². The molecule has 1 heterocycles. The Morgan fingerprint density at radius 1 is 0.906 bits per heavy atom. The summed E-state index contributed by atoms with van der Waals surface area (Å²) in [4.78, 5) is 13.1. The van der Waals surface area contributed by atoms with Crippen LogP contribution in [0.1, 0.15) is 33.2 Å². The number of halogens is 1. The molecule has 0 saturated carbocycles. The Bertz CT molecular complexity index is 1280. The summed E-state index contributed by atoms with van der Waals surface area (Å²) in [5.74, 6) is -0.364. The zero-order chi connectivity index (χ0) is 22.1. The van der Waals surface area contributed by atoms with Gasteiger partial charge in [-0.15, -0.1) is 0 Å². The molecule has 4 aromatic carbocycles. The first-order chi connectivity index (χ1) is 15.7. The van der Waals surface area contributed by atoms with Crippen LogP contribution in [0.15, 0.2) is 91.0 Å². The van der Waals surface area contributed by atoms with Crippen LogP contribution in [0.25, 0.3) is 22.3 Å². The van der Waals surface area contributed by atoms with Crippen LogP contribution in [0.3, 0.4) is 0 Å². The van der Waals surface area contributed by atoms with E-state index in [-0.39, 0.29) is 12.1 Å². The Morgan fingerprint density at radius 3 is 2.25 bits per heavy atom. The number of esters is 1. The standard InChI is InChI=1S/C28H21ClO3/c1-31-28(30)26-22(18-9-4-2-5-10-18)16-23-24(25(26)19-11-6-3-7-12-19)17-32-27(23)20-13-8-14-21(29)15-20/h2-16,27H,17H2,1H3. The minimum atomic E-state index is -0.364. The van der Waals surface area contributed by atoms with Crippen LogP contribution in [-0.2, 0) is 16.1 Å². The molecular formula is C28H21ClO3. The Labute approximate surface area is 192 Å². The van der Waals surface area contributed by atoms with E-state index in [1.807, 2.05) is 84.9 Å². The highest BCUT2D eigenvalue weighted by atomic mass is 35.5. The van der Waals surface area contributed by atoms with E-state index in [0.29, 0.717) is 17.2 Å². The summed E-state index contributed by atoms with van der Waals surface area (Å²) in [6.45, 7) is 0.399. The van der Waals surface area contributed by atoms with Crippen molar-refractivity contribution in [1.29, 1.82) is 0 Å². The zero-order valence-electron chi connectivity index (χ0n) is 17.5. The topological polar surface area (TPSA) is 35.5 Å². The van der Waals surface area contributed by atoms with Gasteiger partial charge in [0.15, 0.2) is 0 Å². The highest BCUT2D eigenvalue weighted by Crippen LogP contribution is 2.46. The van der Waals surface area contributed by atoms with Gasteiger partial charge in [-0.1, -0.05) is 84.4 Å². The lowest BCUT2D eigenvalue weighted by molar-refractivity contribution is 0.0602. The van der Waals surface area contributed by atoms with Crippen molar-refractivity contribution in [3.63, 3.8) is 0 Å². The van der Waals surface area contributed by atoms with Crippen LogP contribution in [0.5, 0.6) is 0 Å². The SMILES string of the molecule is COC(=O)c1c(-c2ccccc2)cc2c(c1-c1ccccc1)COC2c1cccc(Cl)c1. The van der Waals surface area contributed by atoms with Crippen LogP contribution in [0.4, 0.5) is 0 Å². The van der Waals surface area contributed by atoms with Crippen LogP contribution in [0.2, 0.25) is 5.02 Å². The number of hydrogen-bond donors (Lipinski definition) is 0. The predicted molar refractivity (Wildman–Crippen MR) is 127 cm³/mol. The molecule has 1 aliphatic rings. The number of fused-ring (bicyclic) bond motifs is 1. The number of benzene rings is 4. The van der Waals surface area contributed by atoms with Crippen molar-refractivity contribution in [1.82, 2.24) is 0 Å². The molecule has 3 nitrogen and oxygen atoms in total. The van der Waals surface area contributed by atoms with Crippen molar-refractivity contribution in [2.45, 2.75) is 12.7 Å². The first kappa shape index (κ1) is 20.5. The largest absolute Gasteiger partial charge is 0.465 e. The maximum atomic E-state index is 13.1. The Hall–Kier alpha value is -3.40. The third kappa shape index (κ3) is 3.60. The van der Waals surface area contributed by atoms with Crippen molar-refractivity contribution in [2.24, 2.45) is 0 Å². The average Bonchev–Trinajstić information content (AvgIpc) is 3.27. The van der Waals surface area contributed by atoms with Crippen LogP contribution in [0, 0.1) is 0 Å². The smallest absolute Gasteiger partial charge is 0.339 e. The molecule has 158 valence electrons. The van der Waals surface area contributed by atoms with E-state index >= 15 is 0 Å². The minimum absolute atomic E-state index is 0.264. The number of methoxy groups -OCH3 is 1. The fourth-order valence-electron chi connectivity index (χ4n) is 4.42. The van der Waals surface area contributed by atoms with Gasteiger partial charge in [0.05, 0.1) is 19.3 Å². The molecule has 1 unspecified atom stereocenters. The number of carbonyl (C=O) groups excluding carboxylic acids is 1. The predicted octanol–water partition coefficient (Wildman–Crippen LogP) is 7.08. The lowest BCUT2D eigenvalue weighted by atomic mass is 9.84. The van der Waals surface area contributed by atoms with Crippen molar-refractivity contribution < 1.29 is 14.3 Å². The lowest BCUT2D eigenvalue weighted by Gasteiger charge is -2.19. The van der Waals surface area contributed by atoms with Crippen molar-refractivity contribution in [3.8, 4) is 22.3 Å². The molecule has 1 atom stereocenters. The fourth-order valence-corrected chi connectivity index (χ4v) is 4.62. The lowest BCUT2D eigenvalue weighted by Crippen LogP contribution is -2.09. The van der Waals surface area contributed by atoms with E-state index in [1.54, 1.807) is 0 Å². The molecule has 5 rings (SSSR count). The Balaban J connectivity index is 1.84. The molecule has 32 heavy (non-hydrogen) atoms. The van der Waals surface area contributed by atoms with Crippen molar-refractivity contribution in [2.75, 3.05) is 7.11 Å². The molecule has 0 N–H and O–H groups in total. The Kier molecular flexibility index (Phi) is 5.52. The van der Waals surface area contributed by atoms with Crippen molar-refractivity contribution in [3.05, 3.63) is 118 Å². The van der Waals surface area contributed by atoms with Gasteiger partial charge in [0.2, 0.25) is 0 Å². The first-order valence-electron chi connectivity index (χ1n) is 10.4. The molecule has 0 spiro atoms. The molecule has 0 saturated heterocycles. The summed E-state index contributed by atoms with van der Waals surface area (Å²) in [5.41, 5.74) is 7.17. The summed E-state index contributed by atoms with van der Waals surface area (Å²) in [6.07, 6.45) is -0.264.